The lowest BCUT2D eigenvalue weighted by Crippen LogP contribution is -2.41. The van der Waals surface area contributed by atoms with E-state index in [0.717, 1.165) is 11.1 Å². The van der Waals surface area contributed by atoms with Crippen molar-refractivity contribution in [3.05, 3.63) is 65.7 Å². The number of thioether (sulfide) groups is 1. The fraction of sp³-hybridized carbons (Fsp3) is 0.556. The average molecular weight is 480 g/mol. The molecule has 2 saturated heterocycles. The summed E-state index contributed by atoms with van der Waals surface area (Å²) in [7, 11) is -0.897. The molecule has 0 aliphatic carbocycles. The van der Waals surface area contributed by atoms with Crippen LogP contribution in [0.2, 0.25) is 0 Å². The summed E-state index contributed by atoms with van der Waals surface area (Å²) >= 11 is 1.74. The first-order valence-corrected chi connectivity index (χ1v) is 13.4. The standard InChI is InChI=1S/C27H38B2O4S/c1-24(2)25(3,4)31-28(30-24)22(19-13-11-10-12-14-19)23(20-15-17-21(34-9)18-16-20)29-32-26(5,6)27(7,8)33-29/h10-18,22-23H,1-9H3. The third-order valence-electron chi connectivity index (χ3n) is 8.20. The van der Waals surface area contributed by atoms with Crippen LogP contribution in [0.15, 0.2) is 59.5 Å². The van der Waals surface area contributed by atoms with E-state index >= 15 is 0 Å². The fourth-order valence-corrected chi connectivity index (χ4v) is 5.05. The summed E-state index contributed by atoms with van der Waals surface area (Å²) in [6, 6.07) is 19.2. The molecule has 34 heavy (non-hydrogen) atoms. The molecule has 2 unspecified atom stereocenters. The first-order valence-electron chi connectivity index (χ1n) is 12.2. The Morgan fingerprint density at radius 1 is 0.559 bits per heavy atom. The molecule has 2 aliphatic rings. The van der Waals surface area contributed by atoms with Gasteiger partial charge in [-0.3, -0.25) is 0 Å². The van der Waals surface area contributed by atoms with Gasteiger partial charge < -0.3 is 18.6 Å². The molecule has 0 saturated carbocycles. The molecule has 0 radical (unpaired) electrons. The van der Waals surface area contributed by atoms with E-state index in [0.29, 0.717) is 0 Å². The molecule has 4 rings (SSSR count). The number of benzene rings is 2. The highest BCUT2D eigenvalue weighted by Gasteiger charge is 2.61. The Morgan fingerprint density at radius 3 is 1.26 bits per heavy atom. The third kappa shape index (κ3) is 4.62. The predicted molar refractivity (Wildman–Crippen MR) is 142 cm³/mol. The van der Waals surface area contributed by atoms with Crippen LogP contribution in [0.5, 0.6) is 0 Å². The molecule has 2 aliphatic heterocycles. The van der Waals surface area contributed by atoms with Gasteiger partial charge in [0.15, 0.2) is 0 Å². The van der Waals surface area contributed by atoms with Crippen LogP contribution in [0.4, 0.5) is 0 Å². The van der Waals surface area contributed by atoms with Crippen molar-refractivity contribution < 1.29 is 18.6 Å². The van der Waals surface area contributed by atoms with Gasteiger partial charge in [-0.1, -0.05) is 42.5 Å². The zero-order valence-electron chi connectivity index (χ0n) is 22.0. The van der Waals surface area contributed by atoms with Crippen LogP contribution in [0, 0.1) is 0 Å². The second-order valence-electron chi connectivity index (χ2n) is 11.5. The van der Waals surface area contributed by atoms with E-state index < -0.39 is 36.6 Å². The van der Waals surface area contributed by atoms with Crippen LogP contribution in [0.3, 0.4) is 0 Å². The maximum Gasteiger partial charge on any atom is 0.465 e. The van der Waals surface area contributed by atoms with E-state index in [4.69, 9.17) is 18.6 Å². The molecular formula is C27H38B2O4S. The normalized spacial score (nSPS) is 24.3. The molecule has 2 aromatic rings. The van der Waals surface area contributed by atoms with Gasteiger partial charge in [-0.05, 0) is 84.9 Å². The molecular weight excluding hydrogens is 442 g/mol. The van der Waals surface area contributed by atoms with Crippen LogP contribution < -0.4 is 0 Å². The van der Waals surface area contributed by atoms with Crippen LogP contribution >= 0.6 is 11.8 Å². The lowest BCUT2D eigenvalue weighted by atomic mass is 9.49. The summed E-state index contributed by atoms with van der Waals surface area (Å²) < 4.78 is 26.6. The topological polar surface area (TPSA) is 36.9 Å². The molecule has 2 atom stereocenters. The Morgan fingerprint density at radius 2 is 0.912 bits per heavy atom. The van der Waals surface area contributed by atoms with Crippen molar-refractivity contribution in [2.24, 2.45) is 0 Å². The highest BCUT2D eigenvalue weighted by Crippen LogP contribution is 2.50. The van der Waals surface area contributed by atoms with E-state index in [9.17, 15) is 0 Å². The van der Waals surface area contributed by atoms with Crippen molar-refractivity contribution in [2.75, 3.05) is 6.26 Å². The molecule has 182 valence electrons. The minimum atomic E-state index is -0.450. The molecule has 2 aromatic carbocycles. The maximum atomic E-state index is 6.66. The van der Waals surface area contributed by atoms with Gasteiger partial charge in [-0.25, -0.2) is 0 Å². The van der Waals surface area contributed by atoms with E-state index in [2.05, 4.69) is 110 Å². The minimum absolute atomic E-state index is 0.128. The van der Waals surface area contributed by atoms with Gasteiger partial charge in [0.1, 0.15) is 0 Å². The highest BCUT2D eigenvalue weighted by molar-refractivity contribution is 7.98. The van der Waals surface area contributed by atoms with Gasteiger partial charge in [0, 0.05) is 16.5 Å². The van der Waals surface area contributed by atoms with Gasteiger partial charge in [-0.2, -0.15) is 0 Å². The summed E-state index contributed by atoms with van der Waals surface area (Å²) in [6.07, 6.45) is 2.10. The largest absolute Gasteiger partial charge is 0.465 e. The Bertz CT molecular complexity index is 959. The van der Waals surface area contributed by atoms with Gasteiger partial charge in [0.25, 0.3) is 0 Å². The molecule has 0 N–H and O–H groups in total. The minimum Gasteiger partial charge on any atom is -0.403 e. The maximum absolute atomic E-state index is 6.66. The van der Waals surface area contributed by atoms with Crippen LogP contribution in [0.25, 0.3) is 0 Å². The van der Waals surface area contributed by atoms with Gasteiger partial charge >= 0.3 is 14.2 Å². The smallest absolute Gasteiger partial charge is 0.403 e. The lowest BCUT2D eigenvalue weighted by Gasteiger charge is -2.32. The van der Waals surface area contributed by atoms with E-state index in [1.54, 1.807) is 11.8 Å². The Balaban J connectivity index is 1.85. The monoisotopic (exact) mass is 480 g/mol. The summed E-state index contributed by atoms with van der Waals surface area (Å²) in [5, 5.41) is 0. The summed E-state index contributed by atoms with van der Waals surface area (Å²) in [4.78, 5) is 1.23. The molecule has 0 spiro atoms. The summed E-state index contributed by atoms with van der Waals surface area (Å²) in [6.45, 7) is 16.8. The predicted octanol–water partition coefficient (Wildman–Crippen LogP) is 6.54. The van der Waals surface area contributed by atoms with E-state index in [1.807, 2.05) is 6.07 Å². The van der Waals surface area contributed by atoms with E-state index in [1.165, 1.54) is 4.90 Å². The zero-order valence-corrected chi connectivity index (χ0v) is 22.9. The first kappa shape index (κ1) is 25.8. The molecule has 2 fully saturated rings. The number of rotatable bonds is 6. The van der Waals surface area contributed by atoms with Crippen LogP contribution in [-0.4, -0.2) is 42.9 Å². The SMILES string of the molecule is CSc1ccc(C(B2OC(C)(C)C(C)(C)O2)C(B2OC(C)(C)C(C)(C)O2)c2ccccc2)cc1. The molecule has 0 aromatic heterocycles. The average Bonchev–Trinajstić information content (AvgIpc) is 3.11. The van der Waals surface area contributed by atoms with Crippen molar-refractivity contribution in [3.63, 3.8) is 0 Å². The molecule has 2 heterocycles. The van der Waals surface area contributed by atoms with Crippen molar-refractivity contribution in [2.45, 2.75) is 94.3 Å². The Labute approximate surface area is 210 Å². The summed E-state index contributed by atoms with van der Waals surface area (Å²) in [5.41, 5.74) is 0.551. The fourth-order valence-electron chi connectivity index (χ4n) is 4.64. The molecule has 7 heteroatoms. The number of hydrogen-bond donors (Lipinski definition) is 0. The quantitative estimate of drug-likeness (QED) is 0.347. The summed E-state index contributed by atoms with van der Waals surface area (Å²) in [5.74, 6) is -0.258. The van der Waals surface area contributed by atoms with Crippen molar-refractivity contribution in [1.82, 2.24) is 0 Å². The zero-order chi connectivity index (χ0) is 24.9. The van der Waals surface area contributed by atoms with Crippen molar-refractivity contribution in [3.8, 4) is 0 Å². The highest BCUT2D eigenvalue weighted by atomic mass is 32.2. The third-order valence-corrected chi connectivity index (χ3v) is 8.95. The van der Waals surface area contributed by atoms with Crippen molar-refractivity contribution in [1.29, 1.82) is 0 Å². The Kier molecular flexibility index (Phi) is 6.85. The van der Waals surface area contributed by atoms with Gasteiger partial charge in [0.2, 0.25) is 0 Å². The van der Waals surface area contributed by atoms with Crippen LogP contribution in [-0.2, 0) is 18.6 Å². The second-order valence-corrected chi connectivity index (χ2v) is 12.4. The lowest BCUT2D eigenvalue weighted by molar-refractivity contribution is 0.00578. The first-order chi connectivity index (χ1) is 15.8. The molecule has 0 bridgehead atoms. The van der Waals surface area contributed by atoms with Crippen molar-refractivity contribution >= 4 is 26.0 Å². The molecule has 4 nitrogen and oxygen atoms in total. The molecule has 0 amide bonds. The van der Waals surface area contributed by atoms with Gasteiger partial charge in [0.05, 0.1) is 22.4 Å². The van der Waals surface area contributed by atoms with E-state index in [-0.39, 0.29) is 11.6 Å². The second kappa shape index (κ2) is 9.01. The number of hydrogen-bond acceptors (Lipinski definition) is 5. The van der Waals surface area contributed by atoms with Crippen LogP contribution in [0.1, 0.15) is 78.2 Å². The van der Waals surface area contributed by atoms with Gasteiger partial charge in [-0.15, -0.1) is 11.8 Å². The Hall–Kier alpha value is -1.24.